The van der Waals surface area contributed by atoms with Crippen molar-refractivity contribution in [3.63, 3.8) is 0 Å². The van der Waals surface area contributed by atoms with Crippen molar-refractivity contribution in [2.75, 3.05) is 0 Å². The van der Waals surface area contributed by atoms with Gasteiger partial charge in [-0.05, 0) is 59.9 Å². The third-order valence-electron chi connectivity index (χ3n) is 6.26. The maximum Gasteiger partial charge on any atom is 0.303 e. The molecule has 0 heterocycles. The second-order valence-electron chi connectivity index (χ2n) is 8.93. The minimum Gasteiger partial charge on any atom is -0.481 e. The zero-order valence-electron chi connectivity index (χ0n) is 20.0. The number of carbonyl (C=O) groups is 1. The van der Waals surface area contributed by atoms with Gasteiger partial charge >= 0.3 is 5.97 Å². The molecule has 1 aliphatic carbocycles. The van der Waals surface area contributed by atoms with Gasteiger partial charge in [0.15, 0.2) is 11.5 Å². The van der Waals surface area contributed by atoms with Crippen LogP contribution >= 0.6 is 11.6 Å². The summed E-state index contributed by atoms with van der Waals surface area (Å²) in [5.41, 5.74) is 3.20. The van der Waals surface area contributed by atoms with Gasteiger partial charge in [0.1, 0.15) is 11.5 Å². The molecule has 0 saturated carbocycles. The number of allylic oxidation sites excluding steroid dienone is 4. The summed E-state index contributed by atoms with van der Waals surface area (Å²) in [6.07, 6.45) is 8.40. The number of para-hydroxylation sites is 1. The van der Waals surface area contributed by atoms with Crippen LogP contribution in [-0.4, -0.2) is 11.1 Å². The molecule has 4 rings (SSSR count). The lowest BCUT2D eigenvalue weighted by molar-refractivity contribution is -0.136. The van der Waals surface area contributed by atoms with E-state index in [9.17, 15) is 4.79 Å². The van der Waals surface area contributed by atoms with E-state index in [0.717, 1.165) is 17.7 Å². The number of carboxylic acids is 1. The van der Waals surface area contributed by atoms with Crippen molar-refractivity contribution >= 4 is 17.6 Å². The van der Waals surface area contributed by atoms with Gasteiger partial charge in [-0.15, -0.1) is 0 Å². The molecule has 180 valence electrons. The van der Waals surface area contributed by atoms with Gasteiger partial charge in [-0.1, -0.05) is 74.0 Å². The molecule has 0 bridgehead atoms. The number of hydrogen-bond acceptors (Lipinski definition) is 3. The van der Waals surface area contributed by atoms with Crippen LogP contribution in [0.5, 0.6) is 17.2 Å². The molecule has 5 heteroatoms. The van der Waals surface area contributed by atoms with Crippen molar-refractivity contribution in [3.05, 3.63) is 112 Å². The zero-order chi connectivity index (χ0) is 24.8. The first kappa shape index (κ1) is 24.6. The average Bonchev–Trinajstić information content (AvgIpc) is 2.85. The van der Waals surface area contributed by atoms with Gasteiger partial charge in [0.25, 0.3) is 0 Å². The van der Waals surface area contributed by atoms with Crippen LogP contribution in [0.3, 0.4) is 0 Å². The standard InChI is InChI=1S/C30H29ClO4/c1-3-21-18-23(13-11-22(21)12-16-29(32)33)30(2)17-7-10-26(20-30)35-27-15-14-24(31)19-28(27)34-25-8-5-4-6-9-25/h4-11,13-15,17-19H,3,12,16,20H2,1-2H3,(H,32,33)/t30-/m0/s1. The SMILES string of the molecule is CCc1cc([C@@]2(C)C=CC=C(Oc3ccc(Cl)cc3Oc3ccccc3)C2)ccc1CCC(=O)O. The molecule has 0 aliphatic heterocycles. The highest BCUT2D eigenvalue weighted by Gasteiger charge is 2.29. The predicted octanol–water partition coefficient (Wildman–Crippen LogP) is 7.89. The van der Waals surface area contributed by atoms with Gasteiger partial charge in [0.05, 0.1) is 0 Å². The number of ether oxygens (including phenoxy) is 2. The molecule has 1 atom stereocenters. The summed E-state index contributed by atoms with van der Waals surface area (Å²) >= 11 is 6.24. The van der Waals surface area contributed by atoms with Crippen molar-refractivity contribution < 1.29 is 19.4 Å². The maximum absolute atomic E-state index is 11.0. The first-order chi connectivity index (χ1) is 16.9. The van der Waals surface area contributed by atoms with Crippen LogP contribution in [0.2, 0.25) is 5.02 Å². The van der Waals surface area contributed by atoms with Gasteiger partial charge < -0.3 is 14.6 Å². The van der Waals surface area contributed by atoms with E-state index >= 15 is 0 Å². The highest BCUT2D eigenvalue weighted by atomic mass is 35.5. The number of aryl methyl sites for hydroxylation is 2. The maximum atomic E-state index is 11.0. The summed E-state index contributed by atoms with van der Waals surface area (Å²) in [6, 6.07) is 21.3. The number of aliphatic carboxylic acids is 1. The van der Waals surface area contributed by atoms with E-state index in [1.807, 2.05) is 48.6 Å². The smallest absolute Gasteiger partial charge is 0.303 e. The first-order valence-electron chi connectivity index (χ1n) is 11.8. The Balaban J connectivity index is 1.54. The highest BCUT2D eigenvalue weighted by molar-refractivity contribution is 6.30. The lowest BCUT2D eigenvalue weighted by atomic mass is 9.75. The summed E-state index contributed by atoms with van der Waals surface area (Å²) < 4.78 is 12.4. The van der Waals surface area contributed by atoms with Gasteiger partial charge in [-0.2, -0.15) is 0 Å². The summed E-state index contributed by atoms with van der Waals surface area (Å²) in [5, 5.41) is 9.63. The molecule has 0 fully saturated rings. The number of benzene rings is 3. The molecule has 0 radical (unpaired) electrons. The Kier molecular flexibility index (Phi) is 7.62. The molecule has 0 unspecified atom stereocenters. The normalized spacial score (nSPS) is 17.1. The molecule has 1 aliphatic rings. The summed E-state index contributed by atoms with van der Waals surface area (Å²) in [6.45, 7) is 4.29. The van der Waals surface area contributed by atoms with Gasteiger partial charge in [-0.3, -0.25) is 4.79 Å². The van der Waals surface area contributed by atoms with E-state index in [0.29, 0.717) is 35.1 Å². The lowest BCUT2D eigenvalue weighted by Gasteiger charge is -2.31. The quantitative estimate of drug-likeness (QED) is 0.332. The molecule has 4 nitrogen and oxygen atoms in total. The van der Waals surface area contributed by atoms with Gasteiger partial charge in [0, 0.05) is 29.3 Å². The van der Waals surface area contributed by atoms with Crippen molar-refractivity contribution in [2.45, 2.75) is 44.9 Å². The Morgan fingerprint density at radius 1 is 1.00 bits per heavy atom. The molecule has 0 spiro atoms. The second-order valence-corrected chi connectivity index (χ2v) is 9.36. The topological polar surface area (TPSA) is 55.8 Å². The molecule has 0 aromatic heterocycles. The Labute approximate surface area is 211 Å². The van der Waals surface area contributed by atoms with Crippen molar-refractivity contribution in [1.29, 1.82) is 0 Å². The van der Waals surface area contributed by atoms with Gasteiger partial charge in [0.2, 0.25) is 0 Å². The fraction of sp³-hybridized carbons (Fsp3) is 0.233. The fourth-order valence-electron chi connectivity index (χ4n) is 4.31. The van der Waals surface area contributed by atoms with Crippen LogP contribution in [0.15, 0.2) is 90.7 Å². The van der Waals surface area contributed by atoms with E-state index in [1.165, 1.54) is 11.1 Å². The molecular formula is C30H29ClO4. The third-order valence-corrected chi connectivity index (χ3v) is 6.50. The zero-order valence-corrected chi connectivity index (χ0v) is 20.7. The van der Waals surface area contributed by atoms with Crippen molar-refractivity contribution in [3.8, 4) is 17.2 Å². The van der Waals surface area contributed by atoms with E-state index in [-0.39, 0.29) is 11.8 Å². The minimum absolute atomic E-state index is 0.138. The average molecular weight is 489 g/mol. The summed E-state index contributed by atoms with van der Waals surface area (Å²) in [5.74, 6) is 1.90. The summed E-state index contributed by atoms with van der Waals surface area (Å²) in [4.78, 5) is 11.0. The van der Waals surface area contributed by atoms with E-state index < -0.39 is 5.97 Å². The molecule has 3 aromatic rings. The molecule has 3 aromatic carbocycles. The second kappa shape index (κ2) is 10.8. The monoisotopic (exact) mass is 488 g/mol. The number of hydrogen-bond donors (Lipinski definition) is 1. The minimum atomic E-state index is -0.775. The van der Waals surface area contributed by atoms with Crippen LogP contribution in [0, 0.1) is 0 Å². The Bertz CT molecular complexity index is 1260. The van der Waals surface area contributed by atoms with E-state index in [1.54, 1.807) is 12.1 Å². The first-order valence-corrected chi connectivity index (χ1v) is 12.2. The molecule has 0 saturated heterocycles. The number of halogens is 1. The van der Waals surface area contributed by atoms with E-state index in [2.05, 4.69) is 38.1 Å². The lowest BCUT2D eigenvalue weighted by Crippen LogP contribution is -2.23. The van der Waals surface area contributed by atoms with Gasteiger partial charge in [-0.25, -0.2) is 0 Å². The van der Waals surface area contributed by atoms with Crippen molar-refractivity contribution in [2.24, 2.45) is 0 Å². The molecule has 0 amide bonds. The summed E-state index contributed by atoms with van der Waals surface area (Å²) in [7, 11) is 0. The number of carboxylic acid groups (broad SMARTS) is 1. The predicted molar refractivity (Wildman–Crippen MR) is 140 cm³/mol. The molecule has 35 heavy (non-hydrogen) atoms. The third kappa shape index (κ3) is 6.14. The molecule has 1 N–H and O–H groups in total. The van der Waals surface area contributed by atoms with Crippen LogP contribution in [0.25, 0.3) is 0 Å². The van der Waals surface area contributed by atoms with Crippen LogP contribution in [0.1, 0.15) is 43.4 Å². The molecular weight excluding hydrogens is 460 g/mol. The highest BCUT2D eigenvalue weighted by Crippen LogP contribution is 2.40. The Morgan fingerprint density at radius 3 is 2.54 bits per heavy atom. The Morgan fingerprint density at radius 2 is 1.80 bits per heavy atom. The van der Waals surface area contributed by atoms with Crippen LogP contribution < -0.4 is 9.47 Å². The number of rotatable bonds is 9. The van der Waals surface area contributed by atoms with E-state index in [4.69, 9.17) is 26.2 Å². The fourth-order valence-corrected chi connectivity index (χ4v) is 4.48. The van der Waals surface area contributed by atoms with Crippen LogP contribution in [0.4, 0.5) is 0 Å². The largest absolute Gasteiger partial charge is 0.481 e. The van der Waals surface area contributed by atoms with Crippen LogP contribution in [-0.2, 0) is 23.1 Å². The van der Waals surface area contributed by atoms with Crippen molar-refractivity contribution in [1.82, 2.24) is 0 Å². The Hall–Kier alpha value is -3.50.